The first-order valence-electron chi connectivity index (χ1n) is 6.36. The Morgan fingerprint density at radius 1 is 1.38 bits per heavy atom. The molecule has 0 fully saturated rings. The Hall–Kier alpha value is -2.00. The molecule has 1 aromatic heterocycles. The third-order valence-electron chi connectivity index (χ3n) is 3.33. The van der Waals surface area contributed by atoms with Crippen molar-refractivity contribution >= 4 is 17.4 Å². The summed E-state index contributed by atoms with van der Waals surface area (Å²) in [6.07, 6.45) is 0. The molecule has 1 aromatic carbocycles. The van der Waals surface area contributed by atoms with Crippen LogP contribution in [0.2, 0.25) is 0 Å². The first-order chi connectivity index (χ1) is 10.0. The van der Waals surface area contributed by atoms with Crippen LogP contribution in [0.15, 0.2) is 35.2 Å². The Morgan fingerprint density at radius 2 is 2.10 bits per heavy atom. The van der Waals surface area contributed by atoms with Gasteiger partial charge in [-0.3, -0.25) is 0 Å². The summed E-state index contributed by atoms with van der Waals surface area (Å²) >= 11 is 0.524. The van der Waals surface area contributed by atoms with E-state index in [4.69, 9.17) is 5.26 Å². The largest absolute Gasteiger partial charge is 0.380 e. The normalized spacial score (nSPS) is 10.7. The minimum Gasteiger partial charge on any atom is -0.380 e. The van der Waals surface area contributed by atoms with Crippen LogP contribution in [0.5, 0.6) is 0 Å². The van der Waals surface area contributed by atoms with Crippen LogP contribution in [0.4, 0.5) is 14.5 Å². The number of nitrogens with zero attached hydrogens (tertiary/aromatic N) is 2. The van der Waals surface area contributed by atoms with E-state index in [1.807, 2.05) is 24.6 Å². The summed E-state index contributed by atoms with van der Waals surface area (Å²) in [7, 11) is 1.83. The lowest BCUT2D eigenvalue weighted by atomic mass is 10.2. The Balaban J connectivity index is 2.16. The number of para-hydroxylation sites is 1. The second-order valence-electron chi connectivity index (χ2n) is 4.54. The van der Waals surface area contributed by atoms with Crippen molar-refractivity contribution in [2.45, 2.75) is 24.1 Å². The number of thioether (sulfide) groups is 1. The Bertz CT molecular complexity index is 674. The van der Waals surface area contributed by atoms with Gasteiger partial charge in [0.2, 0.25) is 0 Å². The lowest BCUT2D eigenvalue weighted by Gasteiger charge is -2.11. The number of nitrogens with one attached hydrogen (secondary N) is 1. The highest BCUT2D eigenvalue weighted by Crippen LogP contribution is 2.32. The predicted octanol–water partition coefficient (Wildman–Crippen LogP) is 4.13. The topological polar surface area (TPSA) is 40.8 Å². The minimum absolute atomic E-state index is 0.488. The standard InChI is InChI=1S/C15H15F2N3S/c1-10-11(7-12(8-18)20(10)2)9-19-13-5-3-4-6-14(13)21-15(16)17/h3-7,15,19H,9H2,1-2H3. The summed E-state index contributed by atoms with van der Waals surface area (Å²) in [5.41, 5.74) is 3.22. The number of aromatic nitrogens is 1. The van der Waals surface area contributed by atoms with Gasteiger partial charge in [-0.1, -0.05) is 23.9 Å². The van der Waals surface area contributed by atoms with Gasteiger partial charge in [-0.2, -0.15) is 14.0 Å². The maximum absolute atomic E-state index is 12.5. The van der Waals surface area contributed by atoms with Gasteiger partial charge in [0.15, 0.2) is 0 Å². The van der Waals surface area contributed by atoms with Crippen LogP contribution in [-0.4, -0.2) is 10.3 Å². The van der Waals surface area contributed by atoms with Crippen molar-refractivity contribution in [1.29, 1.82) is 5.26 Å². The summed E-state index contributed by atoms with van der Waals surface area (Å²) in [5.74, 6) is -2.45. The second-order valence-corrected chi connectivity index (χ2v) is 5.57. The number of rotatable bonds is 5. The SMILES string of the molecule is Cc1c(CNc2ccccc2SC(F)F)cc(C#N)n1C. The Kier molecular flexibility index (Phi) is 4.86. The van der Waals surface area contributed by atoms with Gasteiger partial charge in [-0.15, -0.1) is 0 Å². The van der Waals surface area contributed by atoms with E-state index in [2.05, 4.69) is 11.4 Å². The summed E-state index contributed by atoms with van der Waals surface area (Å²) in [5, 5.41) is 12.2. The molecule has 0 aliphatic heterocycles. The van der Waals surface area contributed by atoms with Crippen molar-refractivity contribution in [3.63, 3.8) is 0 Å². The third-order valence-corrected chi connectivity index (χ3v) is 4.12. The molecule has 110 valence electrons. The number of halogens is 2. The van der Waals surface area contributed by atoms with E-state index in [0.29, 0.717) is 34.6 Å². The average molecular weight is 307 g/mol. The average Bonchev–Trinajstić information content (AvgIpc) is 2.73. The Morgan fingerprint density at radius 3 is 2.71 bits per heavy atom. The highest BCUT2D eigenvalue weighted by Gasteiger charge is 2.11. The summed E-state index contributed by atoms with van der Waals surface area (Å²) in [6, 6.07) is 10.9. The van der Waals surface area contributed by atoms with E-state index >= 15 is 0 Å². The molecule has 1 N–H and O–H groups in total. The van der Waals surface area contributed by atoms with Crippen LogP contribution in [-0.2, 0) is 13.6 Å². The molecular formula is C15H15F2N3S. The zero-order chi connectivity index (χ0) is 15.4. The molecule has 0 aliphatic rings. The predicted molar refractivity (Wildman–Crippen MR) is 80.5 cm³/mol. The van der Waals surface area contributed by atoms with Crippen LogP contribution in [0.3, 0.4) is 0 Å². The van der Waals surface area contributed by atoms with Crippen molar-refractivity contribution in [3.8, 4) is 6.07 Å². The molecule has 0 bridgehead atoms. The van der Waals surface area contributed by atoms with E-state index in [9.17, 15) is 8.78 Å². The van der Waals surface area contributed by atoms with Crippen molar-refractivity contribution in [3.05, 3.63) is 47.3 Å². The number of hydrogen-bond acceptors (Lipinski definition) is 3. The third kappa shape index (κ3) is 3.56. The van der Waals surface area contributed by atoms with Gasteiger partial charge in [0.25, 0.3) is 5.76 Å². The molecule has 0 spiro atoms. The summed E-state index contributed by atoms with van der Waals surface area (Å²) in [6.45, 7) is 2.42. The molecule has 2 rings (SSSR count). The fourth-order valence-corrected chi connectivity index (χ4v) is 2.67. The van der Waals surface area contributed by atoms with Crippen LogP contribution in [0.25, 0.3) is 0 Å². The highest BCUT2D eigenvalue weighted by molar-refractivity contribution is 7.99. The number of nitriles is 1. The molecule has 0 aliphatic carbocycles. The van der Waals surface area contributed by atoms with E-state index in [1.54, 1.807) is 24.3 Å². The smallest absolute Gasteiger partial charge is 0.288 e. The maximum atomic E-state index is 12.5. The van der Waals surface area contributed by atoms with Crippen LogP contribution < -0.4 is 5.32 Å². The molecule has 0 atom stereocenters. The lowest BCUT2D eigenvalue weighted by molar-refractivity contribution is 0.252. The van der Waals surface area contributed by atoms with Gasteiger partial charge >= 0.3 is 0 Å². The molecule has 1 heterocycles. The number of benzene rings is 1. The summed E-state index contributed by atoms with van der Waals surface area (Å²) < 4.78 is 26.9. The molecule has 0 radical (unpaired) electrons. The van der Waals surface area contributed by atoms with E-state index in [0.717, 1.165) is 11.3 Å². The Labute approximate surface area is 126 Å². The molecular weight excluding hydrogens is 292 g/mol. The molecule has 0 saturated heterocycles. The van der Waals surface area contributed by atoms with Crippen LogP contribution in [0.1, 0.15) is 17.0 Å². The van der Waals surface area contributed by atoms with E-state index in [1.165, 1.54) is 0 Å². The quantitative estimate of drug-likeness (QED) is 0.844. The fraction of sp³-hybridized carbons (Fsp3) is 0.267. The number of alkyl halides is 2. The van der Waals surface area contributed by atoms with Gasteiger partial charge in [0.1, 0.15) is 11.8 Å². The maximum Gasteiger partial charge on any atom is 0.288 e. The molecule has 0 saturated carbocycles. The molecule has 0 amide bonds. The van der Waals surface area contributed by atoms with Crippen LogP contribution >= 0.6 is 11.8 Å². The number of anilines is 1. The van der Waals surface area contributed by atoms with Gasteiger partial charge in [-0.05, 0) is 30.7 Å². The van der Waals surface area contributed by atoms with Crippen molar-refractivity contribution in [2.75, 3.05) is 5.32 Å². The van der Waals surface area contributed by atoms with Gasteiger partial charge in [-0.25, -0.2) is 0 Å². The van der Waals surface area contributed by atoms with Crippen molar-refractivity contribution < 1.29 is 8.78 Å². The fourth-order valence-electron chi connectivity index (χ4n) is 2.05. The molecule has 0 unspecified atom stereocenters. The molecule has 6 heteroatoms. The lowest BCUT2D eigenvalue weighted by Crippen LogP contribution is -2.02. The molecule has 21 heavy (non-hydrogen) atoms. The number of hydrogen-bond donors (Lipinski definition) is 1. The van der Waals surface area contributed by atoms with Crippen molar-refractivity contribution in [2.24, 2.45) is 7.05 Å². The molecule has 3 nitrogen and oxygen atoms in total. The second kappa shape index (κ2) is 6.64. The highest BCUT2D eigenvalue weighted by atomic mass is 32.2. The van der Waals surface area contributed by atoms with Gasteiger partial charge in [0, 0.05) is 29.9 Å². The van der Waals surface area contributed by atoms with E-state index in [-0.39, 0.29) is 0 Å². The first-order valence-corrected chi connectivity index (χ1v) is 7.24. The molecule has 2 aromatic rings. The van der Waals surface area contributed by atoms with Gasteiger partial charge in [0.05, 0.1) is 0 Å². The van der Waals surface area contributed by atoms with Gasteiger partial charge < -0.3 is 9.88 Å². The summed E-state index contributed by atoms with van der Waals surface area (Å²) in [4.78, 5) is 0.515. The minimum atomic E-state index is -2.45. The van der Waals surface area contributed by atoms with E-state index < -0.39 is 5.76 Å². The zero-order valence-corrected chi connectivity index (χ0v) is 12.5. The first kappa shape index (κ1) is 15.4. The monoisotopic (exact) mass is 307 g/mol. The van der Waals surface area contributed by atoms with Crippen LogP contribution in [0, 0.1) is 18.3 Å². The van der Waals surface area contributed by atoms with Crippen molar-refractivity contribution in [1.82, 2.24) is 4.57 Å². The zero-order valence-electron chi connectivity index (χ0n) is 11.7.